The van der Waals surface area contributed by atoms with Gasteiger partial charge in [0.05, 0.1) is 0 Å². The fourth-order valence-corrected chi connectivity index (χ4v) is 3.58. The van der Waals surface area contributed by atoms with Crippen molar-refractivity contribution in [3.05, 3.63) is 0 Å². The van der Waals surface area contributed by atoms with Crippen molar-refractivity contribution < 1.29 is 0 Å². The van der Waals surface area contributed by atoms with Crippen LogP contribution in [0.25, 0.3) is 0 Å². The Hall–Kier alpha value is -0.0400. The molecule has 0 aromatic rings. The summed E-state index contributed by atoms with van der Waals surface area (Å²) in [5.74, 6) is 1.71. The molecule has 0 heterocycles. The minimum Gasteiger partial charge on any atom is -0.325 e. The van der Waals surface area contributed by atoms with Crippen LogP contribution in [-0.2, 0) is 0 Å². The summed E-state index contributed by atoms with van der Waals surface area (Å²) >= 11 is 0. The molecule has 3 unspecified atom stereocenters. The first kappa shape index (κ1) is 17.0. The summed E-state index contributed by atoms with van der Waals surface area (Å²) < 4.78 is 0. The molecule has 1 saturated carbocycles. The molecular weight excluding hydrogens is 230 g/mol. The van der Waals surface area contributed by atoms with Crippen molar-refractivity contribution in [1.29, 1.82) is 0 Å². The van der Waals surface area contributed by atoms with Crippen molar-refractivity contribution >= 4 is 0 Å². The van der Waals surface area contributed by atoms with Crippen LogP contribution < -0.4 is 5.73 Å². The van der Waals surface area contributed by atoms with Gasteiger partial charge in [-0.2, -0.15) is 0 Å². The van der Waals surface area contributed by atoms with Gasteiger partial charge in [0.15, 0.2) is 0 Å². The predicted octanol–water partition coefficient (Wildman–Crippen LogP) is 5.67. The lowest BCUT2D eigenvalue weighted by Gasteiger charge is -2.40. The third-order valence-corrected chi connectivity index (χ3v) is 5.33. The summed E-state index contributed by atoms with van der Waals surface area (Å²) in [5, 5.41) is 0. The Morgan fingerprint density at radius 2 is 1.47 bits per heavy atom. The van der Waals surface area contributed by atoms with E-state index in [0.29, 0.717) is 0 Å². The zero-order valence-electron chi connectivity index (χ0n) is 13.7. The normalized spacial score (nSPS) is 31.6. The standard InChI is InChI=1S/C18H37N/c1-4-5-6-7-8-9-10-11-13-18(19)14-12-16(2)17(3)15-18/h16-17H,4-15,19H2,1-3H3. The van der Waals surface area contributed by atoms with Crippen LogP contribution in [0.4, 0.5) is 0 Å². The summed E-state index contributed by atoms with van der Waals surface area (Å²) in [7, 11) is 0. The quantitative estimate of drug-likeness (QED) is 0.535. The van der Waals surface area contributed by atoms with Gasteiger partial charge in [-0.25, -0.2) is 0 Å². The number of hydrogen-bond donors (Lipinski definition) is 1. The van der Waals surface area contributed by atoms with E-state index in [9.17, 15) is 0 Å². The smallest absolute Gasteiger partial charge is 0.0157 e. The zero-order chi connectivity index (χ0) is 14.1. The third kappa shape index (κ3) is 6.79. The molecule has 0 aliphatic heterocycles. The second-order valence-corrected chi connectivity index (χ2v) is 7.28. The maximum Gasteiger partial charge on any atom is 0.0157 e. The second kappa shape index (κ2) is 9.00. The van der Waals surface area contributed by atoms with Gasteiger partial charge in [-0.3, -0.25) is 0 Å². The highest BCUT2D eigenvalue weighted by atomic mass is 14.7. The molecule has 1 aliphatic carbocycles. The van der Waals surface area contributed by atoms with Gasteiger partial charge < -0.3 is 5.73 Å². The van der Waals surface area contributed by atoms with Gasteiger partial charge in [0.2, 0.25) is 0 Å². The first-order valence-electron chi connectivity index (χ1n) is 8.86. The fourth-order valence-electron chi connectivity index (χ4n) is 3.58. The molecule has 2 N–H and O–H groups in total. The van der Waals surface area contributed by atoms with E-state index in [-0.39, 0.29) is 5.54 Å². The van der Waals surface area contributed by atoms with Crippen molar-refractivity contribution in [3.63, 3.8) is 0 Å². The molecule has 1 heteroatoms. The van der Waals surface area contributed by atoms with E-state index in [1.807, 2.05) is 0 Å². The SMILES string of the molecule is CCCCCCCCCCC1(N)CCC(C)C(C)C1. The van der Waals surface area contributed by atoms with Crippen LogP contribution in [0.3, 0.4) is 0 Å². The molecular formula is C18H37N. The Morgan fingerprint density at radius 1 is 0.895 bits per heavy atom. The molecule has 0 bridgehead atoms. The highest BCUT2D eigenvalue weighted by Gasteiger charge is 2.33. The van der Waals surface area contributed by atoms with Crippen LogP contribution in [0.1, 0.15) is 97.8 Å². The second-order valence-electron chi connectivity index (χ2n) is 7.28. The lowest BCUT2D eigenvalue weighted by molar-refractivity contribution is 0.164. The van der Waals surface area contributed by atoms with Crippen LogP contribution in [0, 0.1) is 11.8 Å². The number of hydrogen-bond acceptors (Lipinski definition) is 1. The van der Waals surface area contributed by atoms with Crippen LogP contribution in [-0.4, -0.2) is 5.54 Å². The molecule has 0 spiro atoms. The molecule has 0 aromatic heterocycles. The molecule has 1 nitrogen and oxygen atoms in total. The minimum absolute atomic E-state index is 0.175. The van der Waals surface area contributed by atoms with Crippen LogP contribution in [0.15, 0.2) is 0 Å². The van der Waals surface area contributed by atoms with Crippen molar-refractivity contribution in [3.8, 4) is 0 Å². The van der Waals surface area contributed by atoms with E-state index in [0.717, 1.165) is 11.8 Å². The molecule has 3 atom stereocenters. The van der Waals surface area contributed by atoms with E-state index >= 15 is 0 Å². The largest absolute Gasteiger partial charge is 0.325 e. The molecule has 1 aliphatic rings. The fraction of sp³-hybridized carbons (Fsp3) is 1.00. The summed E-state index contributed by atoms with van der Waals surface area (Å²) in [6.07, 6.45) is 16.4. The molecule has 0 radical (unpaired) electrons. The maximum atomic E-state index is 6.59. The Kier molecular flexibility index (Phi) is 8.06. The molecule has 0 aromatic carbocycles. The highest BCUT2D eigenvalue weighted by molar-refractivity contribution is 4.91. The van der Waals surface area contributed by atoms with Gasteiger partial charge in [-0.15, -0.1) is 0 Å². The Labute approximate surface area is 121 Å². The van der Waals surface area contributed by atoms with Crippen molar-refractivity contribution in [2.45, 2.75) is 103 Å². The van der Waals surface area contributed by atoms with Crippen molar-refractivity contribution in [1.82, 2.24) is 0 Å². The topological polar surface area (TPSA) is 26.0 Å². The summed E-state index contributed by atoms with van der Waals surface area (Å²) in [6, 6.07) is 0. The predicted molar refractivity (Wildman–Crippen MR) is 86.3 cm³/mol. The van der Waals surface area contributed by atoms with Gasteiger partial charge in [0.1, 0.15) is 0 Å². The average Bonchev–Trinajstić information content (AvgIpc) is 2.38. The van der Waals surface area contributed by atoms with Crippen molar-refractivity contribution in [2.24, 2.45) is 17.6 Å². The van der Waals surface area contributed by atoms with Gasteiger partial charge in [0.25, 0.3) is 0 Å². The van der Waals surface area contributed by atoms with Gasteiger partial charge in [-0.1, -0.05) is 72.1 Å². The first-order valence-corrected chi connectivity index (χ1v) is 8.86. The molecule has 0 amide bonds. The summed E-state index contributed by atoms with van der Waals surface area (Å²) in [4.78, 5) is 0. The van der Waals surface area contributed by atoms with E-state index in [4.69, 9.17) is 5.73 Å². The zero-order valence-corrected chi connectivity index (χ0v) is 13.7. The van der Waals surface area contributed by atoms with Gasteiger partial charge in [0, 0.05) is 5.54 Å². The van der Waals surface area contributed by atoms with Crippen molar-refractivity contribution in [2.75, 3.05) is 0 Å². The first-order chi connectivity index (χ1) is 9.07. The van der Waals surface area contributed by atoms with Crippen LogP contribution in [0.2, 0.25) is 0 Å². The summed E-state index contributed by atoms with van der Waals surface area (Å²) in [5.41, 5.74) is 6.77. The Balaban J connectivity index is 2.02. The average molecular weight is 268 g/mol. The highest BCUT2D eigenvalue weighted by Crippen LogP contribution is 2.37. The number of unbranched alkanes of at least 4 members (excludes halogenated alkanes) is 7. The monoisotopic (exact) mass is 267 g/mol. The lowest BCUT2D eigenvalue weighted by atomic mass is 9.70. The number of rotatable bonds is 9. The third-order valence-electron chi connectivity index (χ3n) is 5.33. The molecule has 19 heavy (non-hydrogen) atoms. The Bertz CT molecular complexity index is 226. The van der Waals surface area contributed by atoms with E-state index in [1.54, 1.807) is 0 Å². The van der Waals surface area contributed by atoms with E-state index in [2.05, 4.69) is 20.8 Å². The molecule has 1 fully saturated rings. The lowest BCUT2D eigenvalue weighted by Crippen LogP contribution is -2.45. The maximum absolute atomic E-state index is 6.59. The van der Waals surface area contributed by atoms with E-state index in [1.165, 1.54) is 77.0 Å². The van der Waals surface area contributed by atoms with Crippen LogP contribution in [0.5, 0.6) is 0 Å². The van der Waals surface area contributed by atoms with Crippen LogP contribution >= 0.6 is 0 Å². The van der Waals surface area contributed by atoms with Gasteiger partial charge >= 0.3 is 0 Å². The summed E-state index contributed by atoms with van der Waals surface area (Å²) in [6.45, 7) is 7.06. The Morgan fingerprint density at radius 3 is 2.05 bits per heavy atom. The molecule has 1 rings (SSSR count). The van der Waals surface area contributed by atoms with Gasteiger partial charge in [-0.05, 0) is 37.5 Å². The number of nitrogens with two attached hydrogens (primary N) is 1. The minimum atomic E-state index is 0.175. The van der Waals surface area contributed by atoms with E-state index < -0.39 is 0 Å². The molecule has 0 saturated heterocycles. The molecule has 114 valence electrons.